The lowest BCUT2D eigenvalue weighted by molar-refractivity contribution is 0.292. The summed E-state index contributed by atoms with van der Waals surface area (Å²) in [4.78, 5) is 4.53. The highest BCUT2D eigenvalue weighted by atomic mass is 32.1. The molecule has 0 aromatic carbocycles. The molecule has 0 saturated carbocycles. The first-order valence-electron chi connectivity index (χ1n) is 4.80. The summed E-state index contributed by atoms with van der Waals surface area (Å²) >= 11 is 1.67. The van der Waals surface area contributed by atoms with Crippen molar-refractivity contribution in [3.05, 3.63) is 16.1 Å². The van der Waals surface area contributed by atoms with E-state index < -0.39 is 0 Å². The Labute approximate surface area is 89.2 Å². The molecule has 3 nitrogen and oxygen atoms in total. The topological polar surface area (TPSA) is 45.1 Å². The van der Waals surface area contributed by atoms with Gasteiger partial charge >= 0.3 is 0 Å². The van der Waals surface area contributed by atoms with Crippen molar-refractivity contribution in [2.24, 2.45) is 0 Å². The molecule has 4 heteroatoms. The van der Waals surface area contributed by atoms with Gasteiger partial charge in [-0.15, -0.1) is 11.3 Å². The van der Waals surface area contributed by atoms with E-state index in [1.54, 1.807) is 11.3 Å². The molecule has 2 N–H and O–H groups in total. The predicted octanol–water partition coefficient (Wildman–Crippen LogP) is 1.52. The zero-order chi connectivity index (χ0) is 10.6. The van der Waals surface area contributed by atoms with Crippen molar-refractivity contribution in [2.45, 2.75) is 32.7 Å². The molecule has 0 aliphatic carbocycles. The van der Waals surface area contributed by atoms with Crippen LogP contribution in [-0.2, 0) is 12.0 Å². The summed E-state index contributed by atoms with van der Waals surface area (Å²) in [6.07, 6.45) is 0. The van der Waals surface area contributed by atoms with Crippen LogP contribution in [-0.4, -0.2) is 23.2 Å². The van der Waals surface area contributed by atoms with Crippen molar-refractivity contribution >= 4 is 11.3 Å². The van der Waals surface area contributed by atoms with Gasteiger partial charge in [-0.3, -0.25) is 0 Å². The van der Waals surface area contributed by atoms with E-state index in [9.17, 15) is 0 Å². The Hall–Kier alpha value is -0.450. The summed E-state index contributed by atoms with van der Waals surface area (Å²) in [7, 11) is 0. The highest BCUT2D eigenvalue weighted by molar-refractivity contribution is 7.09. The highest BCUT2D eigenvalue weighted by Crippen LogP contribution is 2.23. The Morgan fingerprint density at radius 3 is 2.71 bits per heavy atom. The lowest BCUT2D eigenvalue weighted by Gasteiger charge is -2.14. The smallest absolute Gasteiger partial charge is 0.107 e. The van der Waals surface area contributed by atoms with Gasteiger partial charge in [-0.1, -0.05) is 20.8 Å². The van der Waals surface area contributed by atoms with E-state index in [1.807, 2.05) is 0 Å². The number of nitrogens with zero attached hydrogens (tertiary/aromatic N) is 1. The van der Waals surface area contributed by atoms with E-state index in [-0.39, 0.29) is 12.0 Å². The van der Waals surface area contributed by atoms with E-state index in [0.29, 0.717) is 6.54 Å². The molecule has 0 unspecified atom stereocenters. The van der Waals surface area contributed by atoms with Crippen LogP contribution in [0.15, 0.2) is 5.38 Å². The number of aliphatic hydroxyl groups excluding tert-OH is 1. The molecule has 1 aromatic rings. The van der Waals surface area contributed by atoms with Crippen LogP contribution >= 0.6 is 11.3 Å². The average molecular weight is 214 g/mol. The van der Waals surface area contributed by atoms with Crippen molar-refractivity contribution in [3.8, 4) is 0 Å². The van der Waals surface area contributed by atoms with Crippen LogP contribution in [0, 0.1) is 0 Å². The van der Waals surface area contributed by atoms with Gasteiger partial charge in [0.05, 0.1) is 12.3 Å². The molecular formula is C10H18N2OS. The van der Waals surface area contributed by atoms with Crippen LogP contribution in [0.4, 0.5) is 0 Å². The molecular weight excluding hydrogens is 196 g/mol. The highest BCUT2D eigenvalue weighted by Gasteiger charge is 2.16. The van der Waals surface area contributed by atoms with E-state index in [0.717, 1.165) is 17.2 Å². The lowest BCUT2D eigenvalue weighted by Crippen LogP contribution is -2.18. The third-order valence-corrected chi connectivity index (χ3v) is 2.73. The van der Waals surface area contributed by atoms with Gasteiger partial charge in [0.15, 0.2) is 0 Å². The largest absolute Gasteiger partial charge is 0.395 e. The average Bonchev–Trinajstić information content (AvgIpc) is 2.52. The molecule has 0 saturated heterocycles. The summed E-state index contributed by atoms with van der Waals surface area (Å²) in [6.45, 7) is 8.04. The normalized spacial score (nSPS) is 12.0. The second kappa shape index (κ2) is 4.87. The summed E-state index contributed by atoms with van der Waals surface area (Å²) < 4.78 is 0. The zero-order valence-corrected chi connectivity index (χ0v) is 9.82. The van der Waals surface area contributed by atoms with E-state index in [2.05, 4.69) is 36.5 Å². The van der Waals surface area contributed by atoms with Crippen LogP contribution in [0.5, 0.6) is 0 Å². The summed E-state index contributed by atoms with van der Waals surface area (Å²) in [6, 6.07) is 0. The lowest BCUT2D eigenvalue weighted by atomic mass is 9.93. The van der Waals surface area contributed by atoms with Crippen molar-refractivity contribution in [1.82, 2.24) is 10.3 Å². The molecule has 0 bridgehead atoms. The minimum absolute atomic E-state index is 0.131. The third kappa shape index (κ3) is 3.36. The van der Waals surface area contributed by atoms with E-state index in [1.165, 1.54) is 0 Å². The number of hydrogen-bond acceptors (Lipinski definition) is 4. The molecule has 0 fully saturated rings. The van der Waals surface area contributed by atoms with Crippen LogP contribution in [0.25, 0.3) is 0 Å². The summed E-state index contributed by atoms with van der Waals surface area (Å²) in [5.74, 6) is 0. The molecule has 1 aromatic heterocycles. The number of thiazole rings is 1. The Balaban J connectivity index is 2.51. The molecule has 0 radical (unpaired) electrons. The van der Waals surface area contributed by atoms with Gasteiger partial charge in [0.25, 0.3) is 0 Å². The van der Waals surface area contributed by atoms with Crippen molar-refractivity contribution < 1.29 is 5.11 Å². The maximum Gasteiger partial charge on any atom is 0.107 e. The van der Waals surface area contributed by atoms with Crippen LogP contribution in [0.1, 0.15) is 31.5 Å². The van der Waals surface area contributed by atoms with Gasteiger partial charge in [0, 0.05) is 23.9 Å². The Bertz CT molecular complexity index is 278. The quantitative estimate of drug-likeness (QED) is 0.747. The number of rotatable bonds is 4. The fourth-order valence-corrected chi connectivity index (χ4v) is 2.00. The number of aromatic nitrogens is 1. The van der Waals surface area contributed by atoms with Gasteiger partial charge in [-0.05, 0) is 0 Å². The van der Waals surface area contributed by atoms with Crippen molar-refractivity contribution in [3.63, 3.8) is 0 Å². The summed E-state index contributed by atoms with van der Waals surface area (Å²) in [5.41, 5.74) is 1.27. The maximum atomic E-state index is 8.60. The predicted molar refractivity (Wildman–Crippen MR) is 59.6 cm³/mol. The monoisotopic (exact) mass is 214 g/mol. The zero-order valence-electron chi connectivity index (χ0n) is 9.00. The van der Waals surface area contributed by atoms with Crippen LogP contribution in [0.2, 0.25) is 0 Å². The van der Waals surface area contributed by atoms with E-state index >= 15 is 0 Å². The number of nitrogens with one attached hydrogen (secondary N) is 1. The van der Waals surface area contributed by atoms with Gasteiger partial charge in [-0.2, -0.15) is 0 Å². The summed E-state index contributed by atoms with van der Waals surface area (Å²) in [5, 5.41) is 14.9. The first-order valence-corrected chi connectivity index (χ1v) is 5.68. The third-order valence-electron chi connectivity index (χ3n) is 1.88. The van der Waals surface area contributed by atoms with Crippen molar-refractivity contribution in [2.75, 3.05) is 13.2 Å². The molecule has 1 heterocycles. The minimum Gasteiger partial charge on any atom is -0.395 e. The first kappa shape index (κ1) is 11.6. The molecule has 80 valence electrons. The first-order chi connectivity index (χ1) is 6.54. The van der Waals surface area contributed by atoms with E-state index in [4.69, 9.17) is 5.11 Å². The fourth-order valence-electron chi connectivity index (χ4n) is 1.01. The molecule has 0 atom stereocenters. The van der Waals surface area contributed by atoms with Gasteiger partial charge in [-0.25, -0.2) is 4.98 Å². The molecule has 0 aliphatic heterocycles. The molecule has 0 aliphatic rings. The number of aliphatic hydroxyl groups is 1. The Morgan fingerprint density at radius 2 is 2.21 bits per heavy atom. The Kier molecular flexibility index (Phi) is 4.04. The molecule has 1 rings (SSSR count). The van der Waals surface area contributed by atoms with Gasteiger partial charge in [0.2, 0.25) is 0 Å². The van der Waals surface area contributed by atoms with Crippen LogP contribution in [0.3, 0.4) is 0 Å². The SMILES string of the molecule is CC(C)(C)c1csc(CNCCO)n1. The maximum absolute atomic E-state index is 8.60. The minimum atomic E-state index is 0.131. The van der Waals surface area contributed by atoms with Crippen molar-refractivity contribution in [1.29, 1.82) is 0 Å². The second-order valence-electron chi connectivity index (χ2n) is 4.28. The Morgan fingerprint density at radius 1 is 1.50 bits per heavy atom. The standard InChI is InChI=1S/C10H18N2OS/c1-10(2,3)8-7-14-9(12-8)6-11-4-5-13/h7,11,13H,4-6H2,1-3H3. The number of hydrogen-bond donors (Lipinski definition) is 2. The fraction of sp³-hybridized carbons (Fsp3) is 0.700. The molecule has 14 heavy (non-hydrogen) atoms. The van der Waals surface area contributed by atoms with Gasteiger partial charge < -0.3 is 10.4 Å². The molecule has 0 spiro atoms. The molecule has 0 amide bonds. The van der Waals surface area contributed by atoms with Gasteiger partial charge in [0.1, 0.15) is 5.01 Å². The van der Waals surface area contributed by atoms with Crippen LogP contribution < -0.4 is 5.32 Å². The second-order valence-corrected chi connectivity index (χ2v) is 5.22.